The Hall–Kier alpha value is -2.11. The molecule has 1 aromatic rings. The number of fused-ring (bicyclic) bond motifs is 1. The largest absolute Gasteiger partial charge is 0.478 e. The standard InChI is InChI=1S/C11H10FNO4/c1-16-13-8-5-10(11(14)15)17-9-3-2-6(12)4-7(8)9/h2-4,10H,5H2,1H3,(H,14,15). The number of hydrogen-bond acceptors (Lipinski definition) is 4. The fraction of sp³-hybridized carbons (Fsp3) is 0.273. The van der Waals surface area contributed by atoms with Crippen molar-refractivity contribution >= 4 is 11.7 Å². The average Bonchev–Trinajstić information content (AvgIpc) is 2.29. The van der Waals surface area contributed by atoms with Gasteiger partial charge in [0.15, 0.2) is 0 Å². The summed E-state index contributed by atoms with van der Waals surface area (Å²) in [6, 6.07) is 3.82. The number of oxime groups is 1. The van der Waals surface area contributed by atoms with Crippen LogP contribution in [0.2, 0.25) is 0 Å². The van der Waals surface area contributed by atoms with E-state index >= 15 is 0 Å². The number of ether oxygens (including phenoxy) is 1. The number of halogens is 1. The molecular weight excluding hydrogens is 229 g/mol. The first kappa shape index (κ1) is 11.4. The summed E-state index contributed by atoms with van der Waals surface area (Å²) in [5.41, 5.74) is 0.782. The molecule has 0 amide bonds. The van der Waals surface area contributed by atoms with Gasteiger partial charge < -0.3 is 14.7 Å². The van der Waals surface area contributed by atoms with Gasteiger partial charge in [-0.25, -0.2) is 9.18 Å². The smallest absolute Gasteiger partial charge is 0.345 e. The van der Waals surface area contributed by atoms with Crippen molar-refractivity contribution < 1.29 is 23.9 Å². The van der Waals surface area contributed by atoms with E-state index in [2.05, 4.69) is 9.99 Å². The number of carboxylic acids is 1. The van der Waals surface area contributed by atoms with Crippen molar-refractivity contribution in [1.29, 1.82) is 0 Å². The molecule has 2 rings (SSSR count). The Labute approximate surface area is 96.4 Å². The highest BCUT2D eigenvalue weighted by molar-refractivity contribution is 6.05. The summed E-state index contributed by atoms with van der Waals surface area (Å²) in [6.07, 6.45) is -0.985. The Morgan fingerprint density at radius 3 is 3.06 bits per heavy atom. The quantitative estimate of drug-likeness (QED) is 0.792. The molecule has 90 valence electrons. The van der Waals surface area contributed by atoms with Crippen molar-refractivity contribution in [2.24, 2.45) is 5.16 Å². The molecule has 0 spiro atoms. The Bertz CT molecular complexity index is 486. The van der Waals surface area contributed by atoms with Crippen molar-refractivity contribution in [2.45, 2.75) is 12.5 Å². The van der Waals surface area contributed by atoms with Crippen molar-refractivity contribution in [3.63, 3.8) is 0 Å². The number of carbonyl (C=O) groups is 1. The van der Waals surface area contributed by atoms with E-state index < -0.39 is 17.9 Å². The van der Waals surface area contributed by atoms with Gasteiger partial charge in [-0.2, -0.15) is 0 Å². The van der Waals surface area contributed by atoms with Gasteiger partial charge in [0, 0.05) is 12.0 Å². The molecule has 0 fully saturated rings. The minimum atomic E-state index is -1.09. The second-order valence-electron chi connectivity index (χ2n) is 3.51. The summed E-state index contributed by atoms with van der Waals surface area (Å²) in [7, 11) is 1.34. The van der Waals surface area contributed by atoms with Gasteiger partial charge in [0.2, 0.25) is 6.10 Å². The van der Waals surface area contributed by atoms with E-state index in [0.29, 0.717) is 17.0 Å². The van der Waals surface area contributed by atoms with Crippen LogP contribution in [-0.4, -0.2) is 30.0 Å². The molecule has 1 aliphatic heterocycles. The van der Waals surface area contributed by atoms with Gasteiger partial charge in [0.25, 0.3) is 0 Å². The molecule has 1 aliphatic rings. The maximum atomic E-state index is 13.1. The summed E-state index contributed by atoms with van der Waals surface area (Å²) in [5, 5.41) is 12.6. The molecule has 0 saturated heterocycles. The Kier molecular flexibility index (Phi) is 2.95. The van der Waals surface area contributed by atoms with Crippen LogP contribution in [0.4, 0.5) is 4.39 Å². The molecule has 17 heavy (non-hydrogen) atoms. The molecule has 6 heteroatoms. The van der Waals surface area contributed by atoms with Gasteiger partial charge in [-0.05, 0) is 18.2 Å². The first-order valence-electron chi connectivity index (χ1n) is 4.91. The second kappa shape index (κ2) is 4.40. The molecule has 0 saturated carbocycles. The molecule has 1 atom stereocenters. The van der Waals surface area contributed by atoms with Crippen molar-refractivity contribution in [1.82, 2.24) is 0 Å². The maximum absolute atomic E-state index is 13.1. The third-order valence-electron chi connectivity index (χ3n) is 2.38. The van der Waals surface area contributed by atoms with E-state index in [9.17, 15) is 9.18 Å². The lowest BCUT2D eigenvalue weighted by Gasteiger charge is -2.23. The zero-order valence-electron chi connectivity index (χ0n) is 9.01. The van der Waals surface area contributed by atoms with Gasteiger partial charge in [0.05, 0.1) is 5.71 Å². The lowest BCUT2D eigenvalue weighted by Crippen LogP contribution is -2.34. The fourth-order valence-electron chi connectivity index (χ4n) is 1.65. The third kappa shape index (κ3) is 2.20. The lowest BCUT2D eigenvalue weighted by atomic mass is 10.00. The number of benzene rings is 1. The molecule has 0 aliphatic carbocycles. The van der Waals surface area contributed by atoms with Crippen LogP contribution >= 0.6 is 0 Å². The summed E-state index contributed by atoms with van der Waals surface area (Å²) >= 11 is 0. The first-order chi connectivity index (χ1) is 8.11. The minimum Gasteiger partial charge on any atom is -0.478 e. The predicted molar refractivity (Wildman–Crippen MR) is 56.6 cm³/mol. The SMILES string of the molecule is CON=C1CC(C(=O)O)Oc2ccc(F)cc21. The van der Waals surface area contributed by atoms with Crippen LogP contribution in [0.3, 0.4) is 0 Å². The van der Waals surface area contributed by atoms with Gasteiger partial charge >= 0.3 is 5.97 Å². The lowest BCUT2D eigenvalue weighted by molar-refractivity contribution is -0.144. The van der Waals surface area contributed by atoms with E-state index in [0.717, 1.165) is 0 Å². The summed E-state index contributed by atoms with van der Waals surface area (Å²) < 4.78 is 18.3. The van der Waals surface area contributed by atoms with E-state index in [-0.39, 0.29) is 6.42 Å². The predicted octanol–water partition coefficient (Wildman–Crippen LogP) is 1.41. The highest BCUT2D eigenvalue weighted by Crippen LogP contribution is 2.29. The molecule has 0 aromatic heterocycles. The number of carboxylic acid groups (broad SMARTS) is 1. The third-order valence-corrected chi connectivity index (χ3v) is 2.38. The van der Waals surface area contributed by atoms with Crippen LogP contribution in [-0.2, 0) is 9.63 Å². The molecule has 1 unspecified atom stereocenters. The molecule has 0 radical (unpaired) electrons. The summed E-state index contributed by atoms with van der Waals surface area (Å²) in [5.74, 6) is -1.24. The highest BCUT2D eigenvalue weighted by atomic mass is 19.1. The van der Waals surface area contributed by atoms with E-state index in [4.69, 9.17) is 9.84 Å². The van der Waals surface area contributed by atoms with Gasteiger partial charge in [-0.15, -0.1) is 0 Å². The minimum absolute atomic E-state index is 0.0413. The van der Waals surface area contributed by atoms with Gasteiger partial charge in [-0.1, -0.05) is 5.16 Å². The maximum Gasteiger partial charge on any atom is 0.345 e. The van der Waals surface area contributed by atoms with Crippen LogP contribution in [0.1, 0.15) is 12.0 Å². The summed E-state index contributed by atoms with van der Waals surface area (Å²) in [6.45, 7) is 0. The second-order valence-corrected chi connectivity index (χ2v) is 3.51. The normalized spacial score (nSPS) is 20.6. The van der Waals surface area contributed by atoms with Crippen LogP contribution in [0.5, 0.6) is 5.75 Å². The highest BCUT2D eigenvalue weighted by Gasteiger charge is 2.30. The van der Waals surface area contributed by atoms with E-state index in [1.54, 1.807) is 0 Å². The van der Waals surface area contributed by atoms with Crippen molar-refractivity contribution in [3.8, 4) is 5.75 Å². The first-order valence-corrected chi connectivity index (χ1v) is 4.91. The molecule has 0 bridgehead atoms. The van der Waals surface area contributed by atoms with Crippen molar-refractivity contribution in [2.75, 3.05) is 7.11 Å². The van der Waals surface area contributed by atoms with Crippen LogP contribution < -0.4 is 4.74 Å². The molecular formula is C11H10FNO4. The molecule has 1 heterocycles. The topological polar surface area (TPSA) is 68.1 Å². The van der Waals surface area contributed by atoms with Crippen LogP contribution in [0.25, 0.3) is 0 Å². The van der Waals surface area contributed by atoms with Gasteiger partial charge in [0.1, 0.15) is 18.7 Å². The molecule has 1 N–H and O–H groups in total. The Morgan fingerprint density at radius 2 is 2.41 bits per heavy atom. The number of rotatable bonds is 2. The number of hydrogen-bond donors (Lipinski definition) is 1. The van der Waals surface area contributed by atoms with Crippen molar-refractivity contribution in [3.05, 3.63) is 29.6 Å². The zero-order chi connectivity index (χ0) is 12.4. The van der Waals surface area contributed by atoms with Crippen LogP contribution in [0, 0.1) is 5.82 Å². The van der Waals surface area contributed by atoms with Crippen LogP contribution in [0.15, 0.2) is 23.4 Å². The summed E-state index contributed by atoms with van der Waals surface area (Å²) in [4.78, 5) is 15.5. The average molecular weight is 239 g/mol. The fourth-order valence-corrected chi connectivity index (χ4v) is 1.65. The van der Waals surface area contributed by atoms with Gasteiger partial charge in [-0.3, -0.25) is 0 Å². The number of nitrogens with zero attached hydrogens (tertiary/aromatic N) is 1. The molecule has 1 aromatic carbocycles. The monoisotopic (exact) mass is 239 g/mol. The molecule has 5 nitrogen and oxygen atoms in total. The van der Waals surface area contributed by atoms with E-state index in [1.165, 1.54) is 25.3 Å². The number of aliphatic carboxylic acids is 1. The van der Waals surface area contributed by atoms with E-state index in [1.807, 2.05) is 0 Å². The Balaban J connectivity index is 2.45. The Morgan fingerprint density at radius 1 is 1.65 bits per heavy atom. The zero-order valence-corrected chi connectivity index (χ0v) is 9.01.